The molecule has 1 N–H and O–H groups in total. The highest BCUT2D eigenvalue weighted by molar-refractivity contribution is 14.1. The van der Waals surface area contributed by atoms with E-state index in [1.165, 1.54) is 10.8 Å². The Morgan fingerprint density at radius 2 is 1.71 bits per heavy atom. The van der Waals surface area contributed by atoms with E-state index in [0.29, 0.717) is 12.3 Å². The van der Waals surface area contributed by atoms with Gasteiger partial charge < -0.3 is 10.1 Å². The van der Waals surface area contributed by atoms with Crippen molar-refractivity contribution in [1.82, 2.24) is 0 Å². The van der Waals surface area contributed by atoms with E-state index < -0.39 is 5.91 Å². The van der Waals surface area contributed by atoms with Gasteiger partial charge in [0, 0.05) is 10.2 Å². The molecule has 0 bridgehead atoms. The molecule has 0 aliphatic heterocycles. The number of nitriles is 1. The molecule has 0 unspecified atom stereocenters. The number of anilines is 1. The van der Waals surface area contributed by atoms with Crippen LogP contribution in [-0.4, -0.2) is 5.91 Å². The molecule has 4 rings (SSSR count). The summed E-state index contributed by atoms with van der Waals surface area (Å²) in [6, 6.07) is 27.6. The molecule has 0 aliphatic carbocycles. The molecule has 0 fully saturated rings. The average molecular weight is 735 g/mol. The third-order valence-electron chi connectivity index (χ3n) is 4.98. The van der Waals surface area contributed by atoms with Crippen molar-refractivity contribution in [3.05, 3.63) is 107 Å². The number of halogens is 3. The minimum atomic E-state index is -0.456. The Hall–Kier alpha value is -2.42. The van der Waals surface area contributed by atoms with Crippen LogP contribution in [0, 0.1) is 18.5 Å². The summed E-state index contributed by atoms with van der Waals surface area (Å²) in [6.07, 6.45) is 1.59. The molecule has 7 heteroatoms. The molecular formula is C27H17BrI2N2O2. The van der Waals surface area contributed by atoms with Gasteiger partial charge in [-0.15, -0.1) is 0 Å². The van der Waals surface area contributed by atoms with Gasteiger partial charge in [-0.05, 0) is 110 Å². The van der Waals surface area contributed by atoms with Crippen molar-refractivity contribution in [3.63, 3.8) is 0 Å². The van der Waals surface area contributed by atoms with Gasteiger partial charge in [0.25, 0.3) is 5.91 Å². The average Bonchev–Trinajstić information content (AvgIpc) is 2.82. The van der Waals surface area contributed by atoms with Crippen molar-refractivity contribution in [3.8, 4) is 11.8 Å². The third kappa shape index (κ3) is 6.17. The summed E-state index contributed by atoms with van der Waals surface area (Å²) in [5.41, 5.74) is 2.48. The van der Waals surface area contributed by atoms with Gasteiger partial charge in [-0.3, -0.25) is 4.79 Å². The van der Waals surface area contributed by atoms with Crippen LogP contribution in [0.1, 0.15) is 11.1 Å². The van der Waals surface area contributed by atoms with Crippen LogP contribution in [0.25, 0.3) is 16.8 Å². The van der Waals surface area contributed by atoms with Crippen LogP contribution in [0.5, 0.6) is 5.75 Å². The number of hydrogen-bond donors (Lipinski definition) is 1. The van der Waals surface area contributed by atoms with Gasteiger partial charge in [0.1, 0.15) is 24.0 Å². The fraction of sp³-hybridized carbons (Fsp3) is 0.0370. The number of carbonyl (C=O) groups is 1. The zero-order valence-corrected chi connectivity index (χ0v) is 23.6. The van der Waals surface area contributed by atoms with Crippen molar-refractivity contribution in [2.75, 3.05) is 5.32 Å². The predicted molar refractivity (Wildman–Crippen MR) is 157 cm³/mol. The van der Waals surface area contributed by atoms with E-state index in [1.807, 2.05) is 42.5 Å². The maximum absolute atomic E-state index is 12.6. The summed E-state index contributed by atoms with van der Waals surface area (Å²) >= 11 is 7.81. The van der Waals surface area contributed by atoms with Gasteiger partial charge in [0.05, 0.1) is 7.14 Å². The summed E-state index contributed by atoms with van der Waals surface area (Å²) in [4.78, 5) is 12.6. The van der Waals surface area contributed by atoms with Gasteiger partial charge in [-0.1, -0.05) is 58.4 Å². The normalized spacial score (nSPS) is 11.2. The van der Waals surface area contributed by atoms with Crippen molar-refractivity contribution < 1.29 is 9.53 Å². The smallest absolute Gasteiger partial charge is 0.266 e. The second-order valence-electron chi connectivity index (χ2n) is 7.42. The predicted octanol–water partition coefficient (Wildman–Crippen LogP) is 7.94. The van der Waals surface area contributed by atoms with E-state index in [1.54, 1.807) is 18.2 Å². The topological polar surface area (TPSA) is 62.1 Å². The first kappa shape index (κ1) is 24.7. The molecule has 0 atom stereocenters. The summed E-state index contributed by atoms with van der Waals surface area (Å²) in [7, 11) is 0. The van der Waals surface area contributed by atoms with E-state index in [2.05, 4.69) is 96.8 Å². The number of benzene rings is 4. The van der Waals surface area contributed by atoms with Crippen LogP contribution in [0.15, 0.2) is 88.9 Å². The van der Waals surface area contributed by atoms with Gasteiger partial charge in [-0.25, -0.2) is 0 Å². The lowest BCUT2D eigenvalue weighted by molar-refractivity contribution is -0.112. The Morgan fingerprint density at radius 1 is 0.971 bits per heavy atom. The monoisotopic (exact) mass is 734 g/mol. The highest BCUT2D eigenvalue weighted by Crippen LogP contribution is 2.31. The van der Waals surface area contributed by atoms with E-state index in [-0.39, 0.29) is 5.57 Å². The number of fused-ring (bicyclic) bond motifs is 1. The molecule has 4 aromatic rings. The zero-order valence-electron chi connectivity index (χ0n) is 17.7. The Balaban J connectivity index is 1.50. The number of hydrogen-bond acceptors (Lipinski definition) is 3. The van der Waals surface area contributed by atoms with E-state index >= 15 is 0 Å². The summed E-state index contributed by atoms with van der Waals surface area (Å²) in [6.45, 7) is 0.449. The molecule has 0 aromatic heterocycles. The van der Waals surface area contributed by atoms with Gasteiger partial charge in [0.2, 0.25) is 0 Å². The van der Waals surface area contributed by atoms with Crippen molar-refractivity contribution >= 4 is 89.6 Å². The van der Waals surface area contributed by atoms with E-state index in [0.717, 1.165) is 28.5 Å². The van der Waals surface area contributed by atoms with Gasteiger partial charge in [-0.2, -0.15) is 5.26 Å². The molecule has 0 heterocycles. The van der Waals surface area contributed by atoms with Crippen LogP contribution < -0.4 is 10.1 Å². The zero-order chi connectivity index (χ0) is 24.1. The SMILES string of the molecule is N#C/C(=C/c1cc(I)c(OCc2ccc3ccccc3c2)c(I)c1)C(=O)Nc1cccc(Br)c1. The van der Waals surface area contributed by atoms with Crippen LogP contribution in [-0.2, 0) is 11.4 Å². The summed E-state index contributed by atoms with van der Waals surface area (Å²) in [5, 5.41) is 14.7. The first-order chi connectivity index (χ1) is 16.4. The molecule has 0 saturated heterocycles. The lowest BCUT2D eigenvalue weighted by Crippen LogP contribution is -2.13. The highest BCUT2D eigenvalue weighted by atomic mass is 127. The molecule has 0 radical (unpaired) electrons. The maximum Gasteiger partial charge on any atom is 0.266 e. The number of rotatable bonds is 6. The summed E-state index contributed by atoms with van der Waals surface area (Å²) in [5.74, 6) is 0.325. The highest BCUT2D eigenvalue weighted by Gasteiger charge is 2.13. The standard InChI is InChI=1S/C27H17BrI2N2O2/c28-22-6-3-7-23(14-22)32-27(33)21(15-31)11-18-12-24(29)26(25(30)13-18)34-16-17-8-9-19-4-1-2-5-20(19)10-17/h1-14H,16H2,(H,32,33)/b21-11-. The lowest BCUT2D eigenvalue weighted by Gasteiger charge is -2.12. The van der Waals surface area contributed by atoms with Crippen LogP contribution in [0.4, 0.5) is 5.69 Å². The maximum atomic E-state index is 12.6. The second-order valence-corrected chi connectivity index (χ2v) is 10.7. The molecule has 34 heavy (non-hydrogen) atoms. The molecule has 0 saturated carbocycles. The Bertz CT molecular complexity index is 1440. The largest absolute Gasteiger partial charge is 0.487 e. The molecule has 168 valence electrons. The fourth-order valence-electron chi connectivity index (χ4n) is 3.36. The Labute approximate surface area is 233 Å². The molecular weight excluding hydrogens is 718 g/mol. The lowest BCUT2D eigenvalue weighted by atomic mass is 10.1. The minimum Gasteiger partial charge on any atom is -0.487 e. The second kappa shape index (κ2) is 11.3. The number of ether oxygens (including phenoxy) is 1. The number of amides is 1. The third-order valence-corrected chi connectivity index (χ3v) is 7.07. The molecule has 0 aliphatic rings. The molecule has 4 aromatic carbocycles. The Morgan fingerprint density at radius 3 is 2.41 bits per heavy atom. The quantitative estimate of drug-likeness (QED) is 0.124. The van der Waals surface area contributed by atoms with E-state index in [4.69, 9.17) is 4.74 Å². The number of nitrogens with one attached hydrogen (secondary N) is 1. The van der Waals surface area contributed by atoms with Crippen LogP contribution in [0.3, 0.4) is 0 Å². The van der Waals surface area contributed by atoms with Gasteiger partial charge in [0.15, 0.2) is 0 Å². The minimum absolute atomic E-state index is 0.0245. The first-order valence-corrected chi connectivity index (χ1v) is 13.2. The van der Waals surface area contributed by atoms with Crippen LogP contribution in [0.2, 0.25) is 0 Å². The van der Waals surface area contributed by atoms with E-state index in [9.17, 15) is 10.1 Å². The van der Waals surface area contributed by atoms with Gasteiger partial charge >= 0.3 is 0 Å². The Kier molecular flexibility index (Phi) is 8.24. The molecule has 0 spiro atoms. The number of carbonyl (C=O) groups excluding carboxylic acids is 1. The van der Waals surface area contributed by atoms with Crippen LogP contribution >= 0.6 is 61.1 Å². The first-order valence-electron chi connectivity index (χ1n) is 10.2. The fourth-order valence-corrected chi connectivity index (χ4v) is 5.89. The molecule has 4 nitrogen and oxygen atoms in total. The van der Waals surface area contributed by atoms with Crippen molar-refractivity contribution in [1.29, 1.82) is 5.26 Å². The molecule has 1 amide bonds. The van der Waals surface area contributed by atoms with Crippen molar-refractivity contribution in [2.45, 2.75) is 6.61 Å². The van der Waals surface area contributed by atoms with Crippen molar-refractivity contribution in [2.24, 2.45) is 0 Å². The number of nitrogens with zero attached hydrogens (tertiary/aromatic N) is 1. The summed E-state index contributed by atoms with van der Waals surface area (Å²) < 4.78 is 8.79.